The van der Waals surface area contributed by atoms with E-state index in [2.05, 4.69) is 26.8 Å². The summed E-state index contributed by atoms with van der Waals surface area (Å²) >= 11 is 0. The van der Waals surface area contributed by atoms with E-state index in [0.717, 1.165) is 5.69 Å². The molecule has 0 unspecified atom stereocenters. The van der Waals surface area contributed by atoms with Crippen molar-refractivity contribution in [3.8, 4) is 0 Å². The second-order valence-corrected chi connectivity index (χ2v) is 3.84. The predicted molar refractivity (Wildman–Crippen MR) is 59.9 cm³/mol. The minimum Gasteiger partial charge on any atom is -0.398 e. The van der Waals surface area contributed by atoms with E-state index < -0.39 is 0 Å². The van der Waals surface area contributed by atoms with Crippen molar-refractivity contribution in [2.45, 2.75) is 26.2 Å². The van der Waals surface area contributed by atoms with Crippen molar-refractivity contribution >= 4 is 22.7 Å². The highest BCUT2D eigenvalue weighted by atomic mass is 79.9. The number of para-hydroxylation sites is 1. The van der Waals surface area contributed by atoms with E-state index in [1.54, 1.807) is 0 Å². The van der Waals surface area contributed by atoms with Crippen LogP contribution in [0.25, 0.3) is 0 Å². The van der Waals surface area contributed by atoms with Crippen molar-refractivity contribution in [2.24, 2.45) is 0 Å². The molecular weight excluding hydrogens is 214 g/mol. The summed E-state index contributed by atoms with van der Waals surface area (Å²) in [5.74, 6) is 0. The maximum atomic E-state index is 5.81. The topological polar surface area (TPSA) is 26.0 Å². The third-order valence-electron chi connectivity index (χ3n) is 1.77. The van der Waals surface area contributed by atoms with Crippen molar-refractivity contribution in [3.63, 3.8) is 0 Å². The van der Waals surface area contributed by atoms with Crippen LogP contribution in [0.15, 0.2) is 24.3 Å². The van der Waals surface area contributed by atoms with Crippen LogP contribution in [0.3, 0.4) is 0 Å². The molecular formula is C10H16BrN. The van der Waals surface area contributed by atoms with Gasteiger partial charge < -0.3 is 5.73 Å². The minimum absolute atomic E-state index is 0. The molecule has 0 spiro atoms. The van der Waals surface area contributed by atoms with E-state index in [4.69, 9.17) is 5.73 Å². The van der Waals surface area contributed by atoms with E-state index in [1.165, 1.54) is 5.56 Å². The molecule has 0 heterocycles. The zero-order chi connectivity index (χ0) is 8.48. The molecule has 0 radical (unpaired) electrons. The van der Waals surface area contributed by atoms with Gasteiger partial charge in [0.05, 0.1) is 0 Å². The van der Waals surface area contributed by atoms with Crippen LogP contribution >= 0.6 is 17.0 Å². The number of rotatable bonds is 0. The lowest BCUT2D eigenvalue weighted by atomic mass is 9.86. The molecule has 0 bridgehead atoms. The van der Waals surface area contributed by atoms with Crippen LogP contribution in [-0.4, -0.2) is 0 Å². The lowest BCUT2D eigenvalue weighted by Gasteiger charge is -2.20. The van der Waals surface area contributed by atoms with Gasteiger partial charge in [-0.15, -0.1) is 17.0 Å². The molecule has 1 rings (SSSR count). The molecule has 0 aliphatic rings. The molecule has 68 valence electrons. The second-order valence-electron chi connectivity index (χ2n) is 3.84. The van der Waals surface area contributed by atoms with E-state index in [9.17, 15) is 0 Å². The maximum Gasteiger partial charge on any atom is 0.0351 e. The molecule has 2 heteroatoms. The van der Waals surface area contributed by atoms with Gasteiger partial charge in [0.2, 0.25) is 0 Å². The van der Waals surface area contributed by atoms with Crippen LogP contribution in [0.5, 0.6) is 0 Å². The van der Waals surface area contributed by atoms with Crippen LogP contribution in [0, 0.1) is 0 Å². The Morgan fingerprint density at radius 2 is 1.58 bits per heavy atom. The molecule has 0 saturated carbocycles. The fourth-order valence-electron chi connectivity index (χ4n) is 1.18. The third-order valence-corrected chi connectivity index (χ3v) is 1.77. The first-order valence-electron chi connectivity index (χ1n) is 3.87. The molecule has 12 heavy (non-hydrogen) atoms. The average molecular weight is 230 g/mol. The SMILES string of the molecule is Br.CC(C)(C)c1ccccc1N. The van der Waals surface area contributed by atoms with Crippen LogP contribution in [0.4, 0.5) is 5.69 Å². The lowest BCUT2D eigenvalue weighted by molar-refractivity contribution is 0.592. The molecule has 1 aromatic carbocycles. The Morgan fingerprint density at radius 3 is 1.92 bits per heavy atom. The van der Waals surface area contributed by atoms with E-state index in [-0.39, 0.29) is 22.4 Å². The Hall–Kier alpha value is -0.500. The number of hydrogen-bond acceptors (Lipinski definition) is 1. The summed E-state index contributed by atoms with van der Waals surface area (Å²) < 4.78 is 0. The first kappa shape index (κ1) is 11.5. The van der Waals surface area contributed by atoms with Gasteiger partial charge in [0.1, 0.15) is 0 Å². The monoisotopic (exact) mass is 229 g/mol. The van der Waals surface area contributed by atoms with Gasteiger partial charge in [-0.25, -0.2) is 0 Å². The van der Waals surface area contributed by atoms with Crippen molar-refractivity contribution < 1.29 is 0 Å². The number of hydrogen-bond donors (Lipinski definition) is 1. The first-order valence-corrected chi connectivity index (χ1v) is 3.87. The maximum absolute atomic E-state index is 5.81. The molecule has 0 aromatic heterocycles. The summed E-state index contributed by atoms with van der Waals surface area (Å²) in [5, 5.41) is 0. The largest absolute Gasteiger partial charge is 0.398 e. The molecule has 0 amide bonds. The first-order chi connectivity index (χ1) is 5.02. The molecule has 2 N–H and O–H groups in total. The van der Waals surface area contributed by atoms with Gasteiger partial charge in [0, 0.05) is 5.69 Å². The zero-order valence-corrected chi connectivity index (χ0v) is 9.51. The highest BCUT2D eigenvalue weighted by Crippen LogP contribution is 2.26. The minimum atomic E-state index is 0. The predicted octanol–water partition coefficient (Wildman–Crippen LogP) is 3.14. The van der Waals surface area contributed by atoms with Crippen molar-refractivity contribution in [3.05, 3.63) is 29.8 Å². The van der Waals surface area contributed by atoms with Gasteiger partial charge in [-0.05, 0) is 17.0 Å². The normalized spacial score (nSPS) is 10.6. The summed E-state index contributed by atoms with van der Waals surface area (Å²) in [6, 6.07) is 8.01. The number of benzene rings is 1. The second kappa shape index (κ2) is 3.94. The number of nitrogens with two attached hydrogens (primary N) is 1. The summed E-state index contributed by atoms with van der Waals surface area (Å²) in [6.45, 7) is 6.50. The Bertz CT molecular complexity index is 250. The van der Waals surface area contributed by atoms with Crippen molar-refractivity contribution in [2.75, 3.05) is 5.73 Å². The molecule has 0 saturated heterocycles. The van der Waals surface area contributed by atoms with Gasteiger partial charge >= 0.3 is 0 Å². The van der Waals surface area contributed by atoms with E-state index in [1.807, 2.05) is 18.2 Å². The molecule has 1 aromatic rings. The Balaban J connectivity index is 0.00000121. The smallest absolute Gasteiger partial charge is 0.0351 e. The molecule has 0 aliphatic heterocycles. The fourth-order valence-corrected chi connectivity index (χ4v) is 1.18. The van der Waals surface area contributed by atoms with Gasteiger partial charge in [-0.3, -0.25) is 0 Å². The van der Waals surface area contributed by atoms with Crippen LogP contribution in [0.1, 0.15) is 26.3 Å². The lowest BCUT2D eigenvalue weighted by Crippen LogP contribution is -2.13. The Morgan fingerprint density at radius 1 is 1.08 bits per heavy atom. The standard InChI is InChI=1S/C10H15N.BrH/c1-10(2,3)8-6-4-5-7-9(8)11;/h4-7H,11H2,1-3H3;1H. The molecule has 0 aliphatic carbocycles. The van der Waals surface area contributed by atoms with Crippen LogP contribution in [0.2, 0.25) is 0 Å². The number of anilines is 1. The third kappa shape index (κ3) is 2.52. The molecule has 0 atom stereocenters. The fraction of sp³-hybridized carbons (Fsp3) is 0.400. The van der Waals surface area contributed by atoms with E-state index in [0.29, 0.717) is 0 Å². The van der Waals surface area contributed by atoms with Crippen molar-refractivity contribution in [1.82, 2.24) is 0 Å². The Kier molecular flexibility index (Phi) is 3.78. The van der Waals surface area contributed by atoms with Crippen LogP contribution < -0.4 is 5.73 Å². The highest BCUT2D eigenvalue weighted by molar-refractivity contribution is 8.93. The summed E-state index contributed by atoms with van der Waals surface area (Å²) in [5.41, 5.74) is 8.08. The molecule has 0 fully saturated rings. The molecule has 1 nitrogen and oxygen atoms in total. The number of halogens is 1. The highest BCUT2D eigenvalue weighted by Gasteiger charge is 2.15. The number of nitrogen functional groups attached to an aromatic ring is 1. The van der Waals surface area contributed by atoms with Gasteiger partial charge in [0.15, 0.2) is 0 Å². The van der Waals surface area contributed by atoms with Gasteiger partial charge in [0.25, 0.3) is 0 Å². The Labute approximate surface area is 84.7 Å². The van der Waals surface area contributed by atoms with Crippen molar-refractivity contribution in [1.29, 1.82) is 0 Å². The van der Waals surface area contributed by atoms with Gasteiger partial charge in [-0.2, -0.15) is 0 Å². The summed E-state index contributed by atoms with van der Waals surface area (Å²) in [4.78, 5) is 0. The quantitative estimate of drug-likeness (QED) is 0.681. The summed E-state index contributed by atoms with van der Waals surface area (Å²) in [7, 11) is 0. The van der Waals surface area contributed by atoms with Gasteiger partial charge in [-0.1, -0.05) is 39.0 Å². The van der Waals surface area contributed by atoms with E-state index >= 15 is 0 Å². The average Bonchev–Trinajstić information content (AvgIpc) is 1.86. The van der Waals surface area contributed by atoms with Crippen LogP contribution in [-0.2, 0) is 5.41 Å². The summed E-state index contributed by atoms with van der Waals surface area (Å²) in [6.07, 6.45) is 0. The zero-order valence-electron chi connectivity index (χ0n) is 7.79.